The molecule has 50 heavy (non-hydrogen) atoms. The van der Waals surface area contributed by atoms with E-state index in [0.717, 1.165) is 77.3 Å². The van der Waals surface area contributed by atoms with Crippen LogP contribution in [0.3, 0.4) is 0 Å². The molecular formula is C45H27N3O2. The second-order valence-electron chi connectivity index (χ2n) is 12.4. The maximum atomic E-state index is 6.50. The Morgan fingerprint density at radius 1 is 0.300 bits per heavy atom. The van der Waals surface area contributed by atoms with E-state index in [1.807, 2.05) is 91.0 Å². The molecule has 3 heterocycles. The van der Waals surface area contributed by atoms with Crippen molar-refractivity contribution in [2.45, 2.75) is 0 Å². The molecule has 234 valence electrons. The highest BCUT2D eigenvalue weighted by atomic mass is 16.3. The van der Waals surface area contributed by atoms with Gasteiger partial charge in [0.1, 0.15) is 22.3 Å². The van der Waals surface area contributed by atoms with Crippen LogP contribution in [-0.4, -0.2) is 15.0 Å². The van der Waals surface area contributed by atoms with Gasteiger partial charge in [0.15, 0.2) is 17.5 Å². The minimum Gasteiger partial charge on any atom is -0.456 e. The molecule has 0 aliphatic rings. The molecule has 0 saturated heterocycles. The number of hydrogen-bond acceptors (Lipinski definition) is 5. The van der Waals surface area contributed by atoms with Crippen LogP contribution < -0.4 is 0 Å². The Bertz CT molecular complexity index is 2800. The van der Waals surface area contributed by atoms with E-state index >= 15 is 0 Å². The second kappa shape index (κ2) is 11.4. The molecule has 0 amide bonds. The molecule has 0 saturated carbocycles. The van der Waals surface area contributed by atoms with Gasteiger partial charge in [-0.3, -0.25) is 0 Å². The lowest BCUT2D eigenvalue weighted by atomic mass is 9.95. The molecular weight excluding hydrogens is 615 g/mol. The van der Waals surface area contributed by atoms with Gasteiger partial charge in [-0.25, -0.2) is 15.0 Å². The van der Waals surface area contributed by atoms with Crippen molar-refractivity contribution in [3.63, 3.8) is 0 Å². The first-order valence-electron chi connectivity index (χ1n) is 16.6. The summed E-state index contributed by atoms with van der Waals surface area (Å²) in [4.78, 5) is 14.9. The second-order valence-corrected chi connectivity index (χ2v) is 12.4. The average molecular weight is 642 g/mol. The SMILES string of the molecule is c1ccc(-c2ccc3oc4cc(-c5cc(-c6nc(-c7ccccc7)nc(-c7ccccc7)n6)cc6oc7ccccc7c56)ccc4c3c2)cc1. The normalized spacial score (nSPS) is 11.6. The molecule has 0 aliphatic heterocycles. The van der Waals surface area contributed by atoms with Crippen LogP contribution in [-0.2, 0) is 0 Å². The molecule has 0 fully saturated rings. The third kappa shape index (κ3) is 4.75. The van der Waals surface area contributed by atoms with E-state index in [1.165, 1.54) is 5.56 Å². The van der Waals surface area contributed by atoms with Gasteiger partial charge in [-0.15, -0.1) is 0 Å². The molecule has 0 N–H and O–H groups in total. The smallest absolute Gasteiger partial charge is 0.164 e. The largest absolute Gasteiger partial charge is 0.456 e. The Morgan fingerprint density at radius 3 is 1.54 bits per heavy atom. The minimum atomic E-state index is 0.569. The monoisotopic (exact) mass is 641 g/mol. The third-order valence-electron chi connectivity index (χ3n) is 9.33. The van der Waals surface area contributed by atoms with E-state index in [2.05, 4.69) is 72.8 Å². The van der Waals surface area contributed by atoms with Crippen molar-refractivity contribution < 1.29 is 8.83 Å². The Kier molecular flexibility index (Phi) is 6.42. The van der Waals surface area contributed by atoms with Crippen molar-refractivity contribution in [2.75, 3.05) is 0 Å². The highest BCUT2D eigenvalue weighted by molar-refractivity contribution is 6.15. The molecule has 0 radical (unpaired) electrons. The van der Waals surface area contributed by atoms with Crippen molar-refractivity contribution in [2.24, 2.45) is 0 Å². The van der Waals surface area contributed by atoms with Crippen molar-refractivity contribution in [1.29, 1.82) is 0 Å². The maximum Gasteiger partial charge on any atom is 0.164 e. The number of para-hydroxylation sites is 1. The lowest BCUT2D eigenvalue weighted by Crippen LogP contribution is -2.00. The lowest BCUT2D eigenvalue weighted by molar-refractivity contribution is 0.668. The van der Waals surface area contributed by atoms with E-state index in [9.17, 15) is 0 Å². The number of rotatable bonds is 5. The molecule has 10 aromatic rings. The van der Waals surface area contributed by atoms with Crippen LogP contribution >= 0.6 is 0 Å². The molecule has 7 aromatic carbocycles. The number of furan rings is 2. The Hall–Kier alpha value is -6.85. The maximum absolute atomic E-state index is 6.50. The zero-order valence-corrected chi connectivity index (χ0v) is 26.7. The molecule has 0 aliphatic carbocycles. The molecule has 3 aromatic heterocycles. The van der Waals surface area contributed by atoms with Crippen LogP contribution in [0.25, 0.3) is 100 Å². The summed E-state index contributed by atoms with van der Waals surface area (Å²) < 4.78 is 13.0. The highest BCUT2D eigenvalue weighted by Gasteiger charge is 2.19. The van der Waals surface area contributed by atoms with Crippen LogP contribution in [0.1, 0.15) is 0 Å². The van der Waals surface area contributed by atoms with Crippen molar-refractivity contribution in [3.8, 4) is 56.4 Å². The van der Waals surface area contributed by atoms with Gasteiger partial charge in [-0.1, -0.05) is 121 Å². The van der Waals surface area contributed by atoms with Crippen LogP contribution in [0, 0.1) is 0 Å². The summed E-state index contributed by atoms with van der Waals surface area (Å²) in [6, 6.07) is 55.7. The first kappa shape index (κ1) is 28.2. The third-order valence-corrected chi connectivity index (χ3v) is 9.33. The summed E-state index contributed by atoms with van der Waals surface area (Å²) in [6.45, 7) is 0. The molecule has 0 atom stereocenters. The fourth-order valence-electron chi connectivity index (χ4n) is 6.90. The first-order chi connectivity index (χ1) is 24.7. The van der Waals surface area contributed by atoms with E-state index in [0.29, 0.717) is 17.5 Å². The summed E-state index contributed by atoms with van der Waals surface area (Å²) in [5.74, 6) is 1.79. The fraction of sp³-hybridized carbons (Fsp3) is 0. The standard InChI is InChI=1S/C45H27N3O2/c1-4-12-28(13-5-1)31-21-23-39-37(24-31)34-22-20-32(26-40(34)49-39)36-25-33(27-41-42(36)35-18-10-11-19-38(35)50-41)45-47-43(29-14-6-2-7-15-29)46-44(48-45)30-16-8-3-9-17-30/h1-27H. The molecule has 5 heteroatoms. The molecule has 10 rings (SSSR count). The number of benzene rings is 7. The van der Waals surface area contributed by atoms with Crippen LogP contribution in [0.5, 0.6) is 0 Å². The zero-order chi connectivity index (χ0) is 33.0. The predicted octanol–water partition coefficient (Wildman–Crippen LogP) is 12.0. The summed E-state index contributed by atoms with van der Waals surface area (Å²) in [7, 11) is 0. The van der Waals surface area contributed by atoms with E-state index in [4.69, 9.17) is 23.8 Å². The summed E-state index contributed by atoms with van der Waals surface area (Å²) in [5.41, 5.74) is 10.3. The van der Waals surface area contributed by atoms with Crippen LogP contribution in [0.15, 0.2) is 173 Å². The first-order valence-corrected chi connectivity index (χ1v) is 16.6. The minimum absolute atomic E-state index is 0.569. The van der Waals surface area contributed by atoms with Gasteiger partial charge in [0.25, 0.3) is 0 Å². The summed E-state index contributed by atoms with van der Waals surface area (Å²) in [6.07, 6.45) is 0. The fourth-order valence-corrected chi connectivity index (χ4v) is 6.90. The van der Waals surface area contributed by atoms with Gasteiger partial charge in [-0.2, -0.15) is 0 Å². The van der Waals surface area contributed by atoms with Gasteiger partial charge in [0.05, 0.1) is 0 Å². The van der Waals surface area contributed by atoms with Crippen LogP contribution in [0.2, 0.25) is 0 Å². The molecule has 0 unspecified atom stereocenters. The van der Waals surface area contributed by atoms with Gasteiger partial charge in [0.2, 0.25) is 0 Å². The topological polar surface area (TPSA) is 65.0 Å². The molecule has 0 bridgehead atoms. The number of hydrogen-bond donors (Lipinski definition) is 0. The number of nitrogens with zero attached hydrogens (tertiary/aromatic N) is 3. The van der Waals surface area contributed by atoms with Gasteiger partial charge in [0, 0.05) is 38.2 Å². The number of aromatic nitrogens is 3. The van der Waals surface area contributed by atoms with Crippen molar-refractivity contribution in [3.05, 3.63) is 164 Å². The van der Waals surface area contributed by atoms with E-state index < -0.39 is 0 Å². The van der Waals surface area contributed by atoms with E-state index in [-0.39, 0.29) is 0 Å². The highest BCUT2D eigenvalue weighted by Crippen LogP contribution is 2.42. The van der Waals surface area contributed by atoms with Gasteiger partial charge >= 0.3 is 0 Å². The van der Waals surface area contributed by atoms with Crippen molar-refractivity contribution in [1.82, 2.24) is 15.0 Å². The van der Waals surface area contributed by atoms with E-state index in [1.54, 1.807) is 0 Å². The molecule has 5 nitrogen and oxygen atoms in total. The average Bonchev–Trinajstić information content (AvgIpc) is 3.76. The summed E-state index contributed by atoms with van der Waals surface area (Å²) >= 11 is 0. The number of fused-ring (bicyclic) bond motifs is 6. The molecule has 0 spiro atoms. The quantitative estimate of drug-likeness (QED) is 0.187. The zero-order valence-electron chi connectivity index (χ0n) is 26.7. The Morgan fingerprint density at radius 2 is 0.840 bits per heavy atom. The van der Waals surface area contributed by atoms with Crippen molar-refractivity contribution >= 4 is 43.9 Å². The summed E-state index contributed by atoms with van der Waals surface area (Å²) in [5, 5.41) is 4.25. The Balaban J connectivity index is 1.19. The Labute approximate surface area is 287 Å². The van der Waals surface area contributed by atoms with Gasteiger partial charge in [-0.05, 0) is 64.7 Å². The van der Waals surface area contributed by atoms with Gasteiger partial charge < -0.3 is 8.83 Å². The lowest BCUT2D eigenvalue weighted by Gasteiger charge is -2.11. The predicted molar refractivity (Wildman–Crippen MR) is 202 cm³/mol. The van der Waals surface area contributed by atoms with Crippen LogP contribution in [0.4, 0.5) is 0 Å².